The van der Waals surface area contributed by atoms with Crippen molar-refractivity contribution in [2.75, 3.05) is 44.7 Å². The molecular weight excluding hydrogens is 414 g/mol. The van der Waals surface area contributed by atoms with E-state index in [1.807, 2.05) is 17.0 Å². The Morgan fingerprint density at radius 2 is 2.12 bits per heavy atom. The summed E-state index contributed by atoms with van der Waals surface area (Å²) in [5.74, 6) is 1.56. The second-order valence-electron chi connectivity index (χ2n) is 9.89. The van der Waals surface area contributed by atoms with Gasteiger partial charge < -0.3 is 15.1 Å². The predicted octanol–water partition coefficient (Wildman–Crippen LogP) is 2.42. The van der Waals surface area contributed by atoms with Crippen molar-refractivity contribution in [3.8, 4) is 0 Å². The molecule has 2 aromatic rings. The summed E-state index contributed by atoms with van der Waals surface area (Å²) in [6.07, 6.45) is 6.26. The third kappa shape index (κ3) is 3.60. The Morgan fingerprint density at radius 1 is 1.21 bits per heavy atom. The number of aromatic nitrogens is 2. The van der Waals surface area contributed by atoms with Gasteiger partial charge in [0, 0.05) is 75.6 Å². The first kappa shape index (κ1) is 20.7. The number of hydrogen-bond donors (Lipinski definition) is 1. The Balaban J connectivity index is 1.39. The van der Waals surface area contributed by atoms with Crippen LogP contribution >= 0.6 is 0 Å². The number of carbonyl (C=O) groups excluding carboxylic acids is 1. The van der Waals surface area contributed by atoms with Gasteiger partial charge >= 0.3 is 0 Å². The number of fused-ring (bicyclic) bond motifs is 2. The van der Waals surface area contributed by atoms with Gasteiger partial charge in [0.05, 0.1) is 12.6 Å². The highest BCUT2D eigenvalue weighted by atomic mass is 16.2. The normalized spacial score (nSPS) is 24.4. The molecule has 1 aromatic carbocycles. The molecule has 0 radical (unpaired) electrons. The summed E-state index contributed by atoms with van der Waals surface area (Å²) >= 11 is 0. The first-order valence-electron chi connectivity index (χ1n) is 12.3. The highest BCUT2D eigenvalue weighted by molar-refractivity contribution is 5.76. The van der Waals surface area contributed by atoms with Crippen molar-refractivity contribution in [3.05, 3.63) is 40.6 Å². The number of carbonyl (C=O) groups is 1. The van der Waals surface area contributed by atoms with Gasteiger partial charge in [-0.1, -0.05) is 12.1 Å². The van der Waals surface area contributed by atoms with E-state index >= 15 is 0 Å². The molecule has 33 heavy (non-hydrogen) atoms. The Hall–Kier alpha value is -2.87. The largest absolute Gasteiger partial charge is 0.338 e. The molecule has 2 atom stereocenters. The van der Waals surface area contributed by atoms with Crippen molar-refractivity contribution in [2.24, 2.45) is 5.10 Å². The minimum absolute atomic E-state index is 0.147. The van der Waals surface area contributed by atoms with Gasteiger partial charge in [0.1, 0.15) is 0 Å². The maximum absolute atomic E-state index is 12.2. The van der Waals surface area contributed by atoms with E-state index in [1.165, 1.54) is 28.1 Å². The van der Waals surface area contributed by atoms with E-state index in [4.69, 9.17) is 5.10 Å². The molecule has 4 aliphatic heterocycles. The van der Waals surface area contributed by atoms with Crippen LogP contribution in [0.4, 0.5) is 11.5 Å². The van der Waals surface area contributed by atoms with Crippen LogP contribution in [0.15, 0.2) is 23.3 Å². The zero-order valence-electron chi connectivity index (χ0n) is 19.6. The molecule has 1 fully saturated rings. The minimum Gasteiger partial charge on any atom is -0.338 e. The molecular formula is C25H33N7O. The van der Waals surface area contributed by atoms with E-state index < -0.39 is 0 Å². The average Bonchev–Trinajstić information content (AvgIpc) is 3.57. The highest BCUT2D eigenvalue weighted by Gasteiger charge is 2.33. The maximum Gasteiger partial charge on any atom is 0.219 e. The summed E-state index contributed by atoms with van der Waals surface area (Å²) in [4.78, 5) is 16.6. The number of rotatable bonds is 3. The molecule has 1 saturated heterocycles. The van der Waals surface area contributed by atoms with E-state index in [1.54, 1.807) is 6.92 Å². The van der Waals surface area contributed by atoms with E-state index in [0.29, 0.717) is 18.5 Å². The van der Waals surface area contributed by atoms with Gasteiger partial charge in [-0.2, -0.15) is 10.2 Å². The highest BCUT2D eigenvalue weighted by Crippen LogP contribution is 2.40. The van der Waals surface area contributed by atoms with Crippen LogP contribution in [0.2, 0.25) is 0 Å². The summed E-state index contributed by atoms with van der Waals surface area (Å²) in [5.41, 5.74) is 6.57. The van der Waals surface area contributed by atoms with Gasteiger partial charge in [-0.05, 0) is 43.0 Å². The Bertz CT molecular complexity index is 1100. The Labute approximate surface area is 195 Å². The van der Waals surface area contributed by atoms with Crippen LogP contribution in [-0.2, 0) is 24.2 Å². The third-order valence-electron chi connectivity index (χ3n) is 7.70. The second kappa shape index (κ2) is 8.17. The van der Waals surface area contributed by atoms with Gasteiger partial charge in [-0.15, -0.1) is 0 Å². The second-order valence-corrected chi connectivity index (χ2v) is 9.89. The Kier molecular flexibility index (Phi) is 5.13. The average molecular weight is 448 g/mol. The van der Waals surface area contributed by atoms with Crippen LogP contribution in [0.25, 0.3) is 0 Å². The van der Waals surface area contributed by atoms with Crippen LogP contribution in [0, 0.1) is 0 Å². The predicted molar refractivity (Wildman–Crippen MR) is 129 cm³/mol. The standard InChI is InChI=1S/C25H33N7O/c1-17(33)30-11-8-24-22(16-30)25(28-32(24)21-7-9-26-14-21)31-10-3-4-19-12-18(5-6-23(19)31)20-13-27-29(2)15-20/h5-6,12-13,20-21,26H,3-4,7-11,14-16H2,1-2H3. The van der Waals surface area contributed by atoms with E-state index in [0.717, 1.165) is 64.2 Å². The lowest BCUT2D eigenvalue weighted by Gasteiger charge is -2.33. The van der Waals surface area contributed by atoms with Gasteiger partial charge in [0.25, 0.3) is 0 Å². The van der Waals surface area contributed by atoms with Crippen molar-refractivity contribution >= 4 is 23.6 Å². The molecule has 4 aliphatic rings. The van der Waals surface area contributed by atoms with Crippen molar-refractivity contribution in [1.29, 1.82) is 0 Å². The monoisotopic (exact) mass is 447 g/mol. The lowest BCUT2D eigenvalue weighted by Crippen LogP contribution is -2.35. The molecule has 0 spiro atoms. The molecule has 8 nitrogen and oxygen atoms in total. The molecule has 6 rings (SSSR count). The number of nitrogens with one attached hydrogen (secondary N) is 1. The van der Waals surface area contributed by atoms with Crippen LogP contribution in [0.3, 0.4) is 0 Å². The number of likely N-dealkylation sites (N-methyl/N-ethyl adjacent to an activating group) is 1. The molecule has 0 aliphatic carbocycles. The van der Waals surface area contributed by atoms with Crippen LogP contribution < -0.4 is 10.2 Å². The van der Waals surface area contributed by atoms with Gasteiger partial charge in [-0.25, -0.2) is 0 Å². The third-order valence-corrected chi connectivity index (χ3v) is 7.70. The van der Waals surface area contributed by atoms with Crippen LogP contribution in [0.5, 0.6) is 0 Å². The summed E-state index contributed by atoms with van der Waals surface area (Å²) in [7, 11) is 2.03. The summed E-state index contributed by atoms with van der Waals surface area (Å²) in [6, 6.07) is 7.33. The summed E-state index contributed by atoms with van der Waals surface area (Å²) in [6.45, 7) is 7.05. The van der Waals surface area contributed by atoms with Crippen molar-refractivity contribution in [1.82, 2.24) is 25.0 Å². The first-order chi connectivity index (χ1) is 16.1. The lowest BCUT2D eigenvalue weighted by molar-refractivity contribution is -0.129. The van der Waals surface area contributed by atoms with Gasteiger partial charge in [-0.3, -0.25) is 14.5 Å². The molecule has 8 heteroatoms. The van der Waals surface area contributed by atoms with Crippen molar-refractivity contribution in [3.63, 3.8) is 0 Å². The smallest absolute Gasteiger partial charge is 0.219 e. The molecule has 0 saturated carbocycles. The molecule has 2 unspecified atom stereocenters. The molecule has 1 aromatic heterocycles. The van der Waals surface area contributed by atoms with E-state index in [2.05, 4.69) is 44.4 Å². The zero-order chi connectivity index (χ0) is 22.5. The lowest BCUT2D eigenvalue weighted by atomic mass is 9.93. The number of amides is 1. The van der Waals surface area contributed by atoms with Crippen molar-refractivity contribution in [2.45, 2.75) is 51.1 Å². The minimum atomic E-state index is 0.147. The molecule has 0 bridgehead atoms. The van der Waals surface area contributed by atoms with Crippen LogP contribution in [-0.4, -0.2) is 71.6 Å². The molecule has 1 N–H and O–H groups in total. The topological polar surface area (TPSA) is 69.0 Å². The van der Waals surface area contributed by atoms with E-state index in [-0.39, 0.29) is 5.91 Å². The number of benzene rings is 1. The fourth-order valence-corrected chi connectivity index (χ4v) is 5.90. The fraction of sp³-hybridized carbons (Fsp3) is 0.560. The molecule has 5 heterocycles. The summed E-state index contributed by atoms with van der Waals surface area (Å²) in [5, 5.41) is 15.2. The van der Waals surface area contributed by atoms with E-state index in [9.17, 15) is 4.79 Å². The number of anilines is 2. The number of nitrogens with zero attached hydrogens (tertiary/aromatic N) is 6. The quantitative estimate of drug-likeness (QED) is 0.783. The number of hydrogen-bond acceptors (Lipinski definition) is 6. The molecule has 174 valence electrons. The van der Waals surface area contributed by atoms with Gasteiger partial charge in [0.2, 0.25) is 5.91 Å². The number of hydrazone groups is 1. The molecule has 1 amide bonds. The van der Waals surface area contributed by atoms with Gasteiger partial charge in [0.15, 0.2) is 5.82 Å². The van der Waals surface area contributed by atoms with Crippen LogP contribution in [0.1, 0.15) is 54.1 Å². The van der Waals surface area contributed by atoms with Crippen molar-refractivity contribution < 1.29 is 4.79 Å². The maximum atomic E-state index is 12.2. The Morgan fingerprint density at radius 3 is 2.88 bits per heavy atom. The zero-order valence-corrected chi connectivity index (χ0v) is 19.6. The fourth-order valence-electron chi connectivity index (χ4n) is 5.90. The number of aryl methyl sites for hydroxylation is 1. The summed E-state index contributed by atoms with van der Waals surface area (Å²) < 4.78 is 2.29. The SMILES string of the molecule is CC(=O)N1CCc2c(c(N3CCCc4cc(C5C=NN(C)C5)ccc43)nn2C2CCNC2)C1. The first-order valence-corrected chi connectivity index (χ1v) is 12.3.